The van der Waals surface area contributed by atoms with E-state index in [1.807, 2.05) is 6.79 Å². The van der Waals surface area contributed by atoms with Crippen molar-refractivity contribution in [2.24, 2.45) is 5.92 Å². The predicted molar refractivity (Wildman–Crippen MR) is 43.9 cm³/mol. The molecular weight excluding hydrogens is 124 g/mol. The summed E-state index contributed by atoms with van der Waals surface area (Å²) in [7, 11) is 0. The molecule has 10 heavy (non-hydrogen) atoms. The summed E-state index contributed by atoms with van der Waals surface area (Å²) in [6.45, 7) is 6.55. The molecule has 1 nitrogen and oxygen atoms in total. The number of carbonyl (C=O) groups excluding carboxylic acids is 1. The second-order valence-corrected chi connectivity index (χ2v) is 2.93. The van der Waals surface area contributed by atoms with Crippen molar-refractivity contribution in [3.05, 3.63) is 11.6 Å². The fourth-order valence-corrected chi connectivity index (χ4v) is 1.10. The average molecular weight is 140 g/mol. The fourth-order valence-electron chi connectivity index (χ4n) is 1.10. The number of hydrogen-bond donors (Lipinski definition) is 0. The maximum Gasteiger partial charge on any atom is 0.106 e. The Morgan fingerprint density at radius 2 is 2.20 bits per heavy atom. The lowest BCUT2D eigenvalue weighted by molar-refractivity contribution is -0.0979. The van der Waals surface area contributed by atoms with Crippen LogP contribution < -0.4 is 0 Å². The molecule has 0 aromatic heterocycles. The second kappa shape index (κ2) is 5.21. The van der Waals surface area contributed by atoms with Crippen LogP contribution in [-0.2, 0) is 4.79 Å². The van der Waals surface area contributed by atoms with Crippen LogP contribution in [0.15, 0.2) is 11.6 Å². The zero-order valence-corrected chi connectivity index (χ0v) is 6.89. The molecule has 0 aliphatic heterocycles. The molecule has 0 radical (unpaired) electrons. The van der Waals surface area contributed by atoms with Crippen LogP contribution in [0.2, 0.25) is 0 Å². The minimum Gasteiger partial charge on any atom is -0.307 e. The molecule has 0 bridgehead atoms. The highest BCUT2D eigenvalue weighted by Crippen LogP contribution is 2.21. The van der Waals surface area contributed by atoms with Gasteiger partial charge in [-0.15, -0.1) is 0 Å². The molecule has 0 saturated carbocycles. The smallest absolute Gasteiger partial charge is 0.106 e. The summed E-state index contributed by atoms with van der Waals surface area (Å²) in [5.41, 5.74) is 1.59. The molecule has 0 aromatic rings. The summed E-state index contributed by atoms with van der Waals surface area (Å²) in [6, 6.07) is 0. The third-order valence-corrected chi connectivity index (χ3v) is 1.90. The Balaban J connectivity index is 0.000000371. The van der Waals surface area contributed by atoms with Crippen molar-refractivity contribution < 1.29 is 4.79 Å². The standard InChI is InChI=1S/C8H14.CH2O/c1-7-3-5-8(2)6-4-7;1-2/h3,8H,4-6H2,1-2H3;1H2. The number of carbonyl (C=O) groups is 1. The Kier molecular flexibility index (Phi) is 4.91. The summed E-state index contributed by atoms with van der Waals surface area (Å²) >= 11 is 0. The molecule has 1 atom stereocenters. The van der Waals surface area contributed by atoms with E-state index in [9.17, 15) is 0 Å². The van der Waals surface area contributed by atoms with Crippen molar-refractivity contribution in [2.45, 2.75) is 33.1 Å². The maximum atomic E-state index is 8.00. The van der Waals surface area contributed by atoms with E-state index in [2.05, 4.69) is 19.9 Å². The molecule has 0 spiro atoms. The van der Waals surface area contributed by atoms with Gasteiger partial charge in [0.15, 0.2) is 0 Å². The Hall–Kier alpha value is -0.590. The molecule has 1 aliphatic carbocycles. The summed E-state index contributed by atoms with van der Waals surface area (Å²) in [6.07, 6.45) is 6.42. The Labute approximate surface area is 63.1 Å². The highest BCUT2D eigenvalue weighted by atomic mass is 16.1. The van der Waals surface area contributed by atoms with Crippen LogP contribution in [0.1, 0.15) is 33.1 Å². The van der Waals surface area contributed by atoms with Gasteiger partial charge in [-0.1, -0.05) is 18.6 Å². The third kappa shape index (κ3) is 3.44. The topological polar surface area (TPSA) is 17.1 Å². The lowest BCUT2D eigenvalue weighted by Crippen LogP contribution is -1.98. The van der Waals surface area contributed by atoms with Crippen LogP contribution >= 0.6 is 0 Å². The van der Waals surface area contributed by atoms with Crippen LogP contribution in [0.4, 0.5) is 0 Å². The lowest BCUT2D eigenvalue weighted by Gasteiger charge is -2.14. The highest BCUT2D eigenvalue weighted by molar-refractivity contribution is 5.11. The van der Waals surface area contributed by atoms with Crippen LogP contribution in [0.3, 0.4) is 0 Å². The van der Waals surface area contributed by atoms with E-state index >= 15 is 0 Å². The van der Waals surface area contributed by atoms with Crippen molar-refractivity contribution in [2.75, 3.05) is 0 Å². The predicted octanol–water partition coefficient (Wildman–Crippen LogP) is 2.57. The second-order valence-electron chi connectivity index (χ2n) is 2.93. The molecule has 0 fully saturated rings. The quantitative estimate of drug-likeness (QED) is 0.473. The van der Waals surface area contributed by atoms with E-state index in [1.54, 1.807) is 5.57 Å². The third-order valence-electron chi connectivity index (χ3n) is 1.90. The van der Waals surface area contributed by atoms with E-state index in [0.29, 0.717) is 0 Å². The van der Waals surface area contributed by atoms with Gasteiger partial charge < -0.3 is 4.79 Å². The number of hydrogen-bond acceptors (Lipinski definition) is 1. The monoisotopic (exact) mass is 140 g/mol. The first-order valence-corrected chi connectivity index (χ1v) is 3.73. The van der Waals surface area contributed by atoms with E-state index in [1.165, 1.54) is 19.3 Å². The first-order chi connectivity index (χ1) is 4.79. The largest absolute Gasteiger partial charge is 0.307 e. The SMILES string of the molecule is C=O.CC1=CCC(C)CC1. The van der Waals surface area contributed by atoms with E-state index in [-0.39, 0.29) is 0 Å². The summed E-state index contributed by atoms with van der Waals surface area (Å²) in [5, 5.41) is 0. The molecule has 0 aromatic carbocycles. The van der Waals surface area contributed by atoms with E-state index in [0.717, 1.165) is 5.92 Å². The van der Waals surface area contributed by atoms with Crippen molar-refractivity contribution in [3.63, 3.8) is 0 Å². The Bertz CT molecular complexity index is 116. The highest BCUT2D eigenvalue weighted by Gasteiger charge is 2.05. The van der Waals surface area contributed by atoms with Gasteiger partial charge in [0.05, 0.1) is 0 Å². The molecule has 58 valence electrons. The molecule has 0 heterocycles. The molecule has 1 rings (SSSR count). The minimum atomic E-state index is 0.943. The van der Waals surface area contributed by atoms with Gasteiger partial charge in [0.25, 0.3) is 0 Å². The Morgan fingerprint density at radius 1 is 1.60 bits per heavy atom. The molecule has 1 unspecified atom stereocenters. The van der Waals surface area contributed by atoms with Gasteiger partial charge in [0, 0.05) is 0 Å². The van der Waals surface area contributed by atoms with Crippen molar-refractivity contribution in [1.29, 1.82) is 0 Å². The molecule has 1 aliphatic rings. The summed E-state index contributed by atoms with van der Waals surface area (Å²) in [5.74, 6) is 0.943. The average Bonchev–Trinajstić information content (AvgIpc) is 2.00. The summed E-state index contributed by atoms with van der Waals surface area (Å²) in [4.78, 5) is 8.00. The van der Waals surface area contributed by atoms with Gasteiger partial charge in [0.1, 0.15) is 6.79 Å². The van der Waals surface area contributed by atoms with Crippen LogP contribution in [0.25, 0.3) is 0 Å². The van der Waals surface area contributed by atoms with Gasteiger partial charge in [0.2, 0.25) is 0 Å². The zero-order chi connectivity index (χ0) is 7.98. The number of allylic oxidation sites excluding steroid dienone is 2. The normalized spacial score (nSPS) is 24.2. The van der Waals surface area contributed by atoms with Gasteiger partial charge in [-0.2, -0.15) is 0 Å². The first-order valence-electron chi connectivity index (χ1n) is 3.73. The van der Waals surface area contributed by atoms with Crippen molar-refractivity contribution >= 4 is 6.79 Å². The lowest BCUT2D eigenvalue weighted by atomic mass is 9.92. The molecule has 0 amide bonds. The van der Waals surface area contributed by atoms with Crippen molar-refractivity contribution in [1.82, 2.24) is 0 Å². The van der Waals surface area contributed by atoms with E-state index in [4.69, 9.17) is 4.79 Å². The molecular formula is C9H16O. The molecule has 0 N–H and O–H groups in total. The Morgan fingerprint density at radius 3 is 2.50 bits per heavy atom. The number of rotatable bonds is 0. The van der Waals surface area contributed by atoms with Gasteiger partial charge in [-0.3, -0.25) is 0 Å². The maximum absolute atomic E-state index is 8.00. The zero-order valence-electron chi connectivity index (χ0n) is 6.89. The molecule has 0 saturated heterocycles. The minimum absolute atomic E-state index is 0.943. The van der Waals surface area contributed by atoms with Gasteiger partial charge in [-0.25, -0.2) is 0 Å². The van der Waals surface area contributed by atoms with Crippen LogP contribution in [0, 0.1) is 5.92 Å². The fraction of sp³-hybridized carbons (Fsp3) is 0.667. The van der Waals surface area contributed by atoms with Crippen molar-refractivity contribution in [3.8, 4) is 0 Å². The van der Waals surface area contributed by atoms with E-state index < -0.39 is 0 Å². The van der Waals surface area contributed by atoms with Gasteiger partial charge in [-0.05, 0) is 32.1 Å². The molecule has 1 heteroatoms. The van der Waals surface area contributed by atoms with Crippen LogP contribution in [0.5, 0.6) is 0 Å². The first kappa shape index (κ1) is 9.41. The van der Waals surface area contributed by atoms with Crippen LogP contribution in [-0.4, -0.2) is 6.79 Å². The summed E-state index contributed by atoms with van der Waals surface area (Å²) < 4.78 is 0. The van der Waals surface area contributed by atoms with Gasteiger partial charge >= 0.3 is 0 Å².